The number of aliphatic hydroxyl groups is 1. The average Bonchev–Trinajstić information content (AvgIpc) is 3.34. The van der Waals surface area contributed by atoms with Crippen LogP contribution >= 0.6 is 11.6 Å². The van der Waals surface area contributed by atoms with E-state index >= 15 is 0 Å². The molecule has 1 N–H and O–H groups in total. The molecule has 0 aliphatic carbocycles. The smallest absolute Gasteiger partial charge is 0.332 e. The molecular weight excluding hydrogens is 552 g/mol. The Bertz CT molecular complexity index is 1450. The Morgan fingerprint density at radius 2 is 1.68 bits per heavy atom. The third-order valence-corrected chi connectivity index (χ3v) is 9.67. The van der Waals surface area contributed by atoms with Crippen LogP contribution in [0, 0.1) is 13.8 Å². The number of β-amino-alcohol motifs (C(OH)–C–C–N with tert-alkyl or cyclic N) is 1. The van der Waals surface area contributed by atoms with Crippen LogP contribution in [0.1, 0.15) is 37.3 Å². The van der Waals surface area contributed by atoms with Crippen molar-refractivity contribution in [2.24, 2.45) is 7.05 Å². The number of nitrogens with zero attached hydrogens (tertiary/aromatic N) is 6. The highest BCUT2D eigenvalue weighted by molar-refractivity contribution is 7.85. The van der Waals surface area contributed by atoms with Crippen molar-refractivity contribution in [2.75, 3.05) is 45.0 Å². The predicted molar refractivity (Wildman–Crippen MR) is 160 cm³/mol. The standard InChI is InChI=1S/C28H41ClN6O4S/c1-5-6-9-35-26-25(27(37)31(4)28(35)38)34(19-30-26)18-22(36)17-33-12-10-32(11-13-33)8-7-14-40(39)23-15-20(2)24(29)21(3)16-23/h15-16,19,22,36H,5-14,17-18H2,1-4H3. The van der Waals surface area contributed by atoms with Crippen molar-refractivity contribution in [2.45, 2.75) is 64.1 Å². The molecule has 1 fully saturated rings. The number of benzene rings is 1. The lowest BCUT2D eigenvalue weighted by Crippen LogP contribution is -2.49. The maximum absolute atomic E-state index is 12.9. The Kier molecular flexibility index (Phi) is 10.4. The van der Waals surface area contributed by atoms with Gasteiger partial charge in [0.15, 0.2) is 11.2 Å². The molecule has 1 aliphatic rings. The van der Waals surface area contributed by atoms with Gasteiger partial charge in [0, 0.05) is 62.0 Å². The summed E-state index contributed by atoms with van der Waals surface area (Å²) in [5.41, 5.74) is 1.89. The monoisotopic (exact) mass is 592 g/mol. The number of aliphatic hydroxyl groups excluding tert-OH is 1. The van der Waals surface area contributed by atoms with Gasteiger partial charge in [-0.25, -0.2) is 9.78 Å². The number of fused-ring (bicyclic) bond motifs is 1. The largest absolute Gasteiger partial charge is 0.390 e. The van der Waals surface area contributed by atoms with Gasteiger partial charge in [-0.1, -0.05) is 24.9 Å². The fourth-order valence-electron chi connectivity index (χ4n) is 5.31. The zero-order valence-electron chi connectivity index (χ0n) is 23.9. The second-order valence-corrected chi connectivity index (χ2v) is 12.7. The highest BCUT2D eigenvalue weighted by Crippen LogP contribution is 2.24. The number of halogens is 1. The minimum Gasteiger partial charge on any atom is -0.390 e. The maximum Gasteiger partial charge on any atom is 0.332 e. The van der Waals surface area contributed by atoms with Crippen LogP contribution in [0.2, 0.25) is 5.02 Å². The van der Waals surface area contributed by atoms with Gasteiger partial charge in [0.25, 0.3) is 5.56 Å². The van der Waals surface area contributed by atoms with E-state index in [1.54, 1.807) is 15.5 Å². The Hall–Kier alpha value is -2.31. The van der Waals surface area contributed by atoms with Gasteiger partial charge >= 0.3 is 5.69 Å². The van der Waals surface area contributed by atoms with Gasteiger partial charge in [0.05, 0.1) is 29.8 Å². The third kappa shape index (κ3) is 6.94. The van der Waals surface area contributed by atoms with E-state index in [-0.39, 0.29) is 12.2 Å². The first-order valence-corrected chi connectivity index (χ1v) is 15.7. The molecule has 3 heterocycles. The average molecular weight is 593 g/mol. The molecule has 3 aromatic rings. The van der Waals surface area contributed by atoms with Gasteiger partial charge in [-0.2, -0.15) is 0 Å². The van der Waals surface area contributed by atoms with Gasteiger partial charge in [-0.05, 0) is 56.5 Å². The number of unbranched alkanes of at least 4 members (excludes halogenated alkanes) is 1. The first kappa shape index (κ1) is 30.6. The topological polar surface area (TPSA) is 106 Å². The number of aromatic nitrogens is 4. The van der Waals surface area contributed by atoms with E-state index < -0.39 is 22.5 Å². The zero-order chi connectivity index (χ0) is 29.0. The van der Waals surface area contributed by atoms with Crippen LogP contribution < -0.4 is 11.2 Å². The lowest BCUT2D eigenvalue weighted by Gasteiger charge is -2.35. The SMILES string of the molecule is CCCCn1c(=O)n(C)c(=O)c2c1ncn2CC(O)CN1CCN(CCCS(=O)c2cc(C)c(Cl)c(C)c2)CC1. The molecule has 1 saturated heterocycles. The fraction of sp³-hybridized carbons (Fsp3) is 0.607. The van der Waals surface area contributed by atoms with E-state index in [1.165, 1.54) is 7.05 Å². The Balaban J connectivity index is 1.27. The van der Waals surface area contributed by atoms with Crippen LogP contribution in [-0.2, 0) is 30.9 Å². The molecule has 40 heavy (non-hydrogen) atoms. The zero-order valence-corrected chi connectivity index (χ0v) is 25.5. The van der Waals surface area contributed by atoms with E-state index in [9.17, 15) is 18.9 Å². The van der Waals surface area contributed by atoms with Crippen molar-refractivity contribution in [1.82, 2.24) is 28.5 Å². The summed E-state index contributed by atoms with van der Waals surface area (Å²) >= 11 is 6.25. The highest BCUT2D eigenvalue weighted by Gasteiger charge is 2.22. The van der Waals surface area contributed by atoms with Gasteiger partial charge in [0.1, 0.15) is 0 Å². The van der Waals surface area contributed by atoms with E-state index in [4.69, 9.17) is 11.6 Å². The molecule has 10 nitrogen and oxygen atoms in total. The number of piperazine rings is 1. The summed E-state index contributed by atoms with van der Waals surface area (Å²) < 4.78 is 17.1. The number of hydrogen-bond donors (Lipinski definition) is 1. The van der Waals surface area contributed by atoms with Crippen molar-refractivity contribution in [3.05, 3.63) is 55.4 Å². The molecule has 1 aliphatic heterocycles. The molecule has 0 bridgehead atoms. The van der Waals surface area contributed by atoms with Gasteiger partial charge in [0.2, 0.25) is 0 Å². The second-order valence-electron chi connectivity index (χ2n) is 10.8. The normalized spacial score (nSPS) is 16.6. The quantitative estimate of drug-likeness (QED) is 0.343. The van der Waals surface area contributed by atoms with Crippen LogP contribution in [0.15, 0.2) is 32.9 Å². The second kappa shape index (κ2) is 13.6. The summed E-state index contributed by atoms with van der Waals surface area (Å²) in [5, 5.41) is 11.6. The molecule has 0 saturated carbocycles. The Labute approximate surface area is 242 Å². The maximum atomic E-state index is 12.9. The van der Waals surface area contributed by atoms with Gasteiger partial charge in [-0.15, -0.1) is 0 Å². The number of hydrogen-bond acceptors (Lipinski definition) is 7. The van der Waals surface area contributed by atoms with Gasteiger partial charge < -0.3 is 14.6 Å². The van der Waals surface area contributed by atoms with Crippen LogP contribution in [-0.4, -0.2) is 88.9 Å². The molecule has 0 spiro atoms. The molecule has 0 amide bonds. The van der Waals surface area contributed by atoms with Crippen LogP contribution in [0.3, 0.4) is 0 Å². The summed E-state index contributed by atoms with van der Waals surface area (Å²) in [4.78, 5) is 35.3. The molecule has 2 aromatic heterocycles. The third-order valence-electron chi connectivity index (χ3n) is 7.65. The summed E-state index contributed by atoms with van der Waals surface area (Å²) in [7, 11) is 0.438. The van der Waals surface area contributed by atoms with E-state index in [0.717, 1.165) is 77.6 Å². The molecule has 4 rings (SSSR count). The number of aryl methyl sites for hydroxylation is 3. The molecule has 220 valence electrons. The van der Waals surface area contributed by atoms with Crippen molar-refractivity contribution in [1.29, 1.82) is 0 Å². The van der Waals surface area contributed by atoms with Crippen molar-refractivity contribution < 1.29 is 9.32 Å². The summed E-state index contributed by atoms with van der Waals surface area (Å²) in [6.45, 7) is 11.5. The van der Waals surface area contributed by atoms with E-state index in [2.05, 4.69) is 14.8 Å². The highest BCUT2D eigenvalue weighted by atomic mass is 35.5. The molecular formula is C28H41ClN6O4S. The van der Waals surface area contributed by atoms with Crippen LogP contribution in [0.5, 0.6) is 0 Å². The number of imidazole rings is 1. The van der Waals surface area contributed by atoms with Crippen molar-refractivity contribution in [3.63, 3.8) is 0 Å². The minimum atomic E-state index is -1.04. The van der Waals surface area contributed by atoms with Crippen LogP contribution in [0.4, 0.5) is 0 Å². The summed E-state index contributed by atoms with van der Waals surface area (Å²) in [6, 6.07) is 3.84. The lowest BCUT2D eigenvalue weighted by atomic mass is 10.2. The fourth-order valence-corrected chi connectivity index (χ4v) is 6.67. The summed E-state index contributed by atoms with van der Waals surface area (Å²) in [5.74, 6) is 0.615. The Morgan fingerprint density at radius 1 is 1.02 bits per heavy atom. The predicted octanol–water partition coefficient (Wildman–Crippen LogP) is 2.14. The molecule has 1 aromatic carbocycles. The molecule has 2 unspecified atom stereocenters. The van der Waals surface area contributed by atoms with E-state index in [0.29, 0.717) is 30.0 Å². The molecule has 0 radical (unpaired) electrons. The summed E-state index contributed by atoms with van der Waals surface area (Å²) in [6.07, 6.45) is 3.45. The number of rotatable bonds is 12. The Morgan fingerprint density at radius 3 is 2.33 bits per heavy atom. The first-order valence-electron chi connectivity index (χ1n) is 14.0. The van der Waals surface area contributed by atoms with Crippen LogP contribution in [0.25, 0.3) is 11.2 Å². The first-order chi connectivity index (χ1) is 19.1. The van der Waals surface area contributed by atoms with Crippen molar-refractivity contribution >= 4 is 33.6 Å². The van der Waals surface area contributed by atoms with E-state index in [1.807, 2.05) is 32.9 Å². The molecule has 12 heteroatoms. The van der Waals surface area contributed by atoms with Crippen molar-refractivity contribution in [3.8, 4) is 0 Å². The minimum absolute atomic E-state index is 0.230. The lowest BCUT2D eigenvalue weighted by molar-refractivity contribution is 0.0650. The molecule has 2 atom stereocenters. The van der Waals surface area contributed by atoms with Gasteiger partial charge in [-0.3, -0.25) is 23.0 Å².